The Morgan fingerprint density at radius 1 is 1.53 bits per heavy atom. The Bertz CT molecular complexity index is 426. The van der Waals surface area contributed by atoms with Gasteiger partial charge in [-0.2, -0.15) is 0 Å². The number of nitro benzene ring substituents is 1. The minimum atomic E-state index is -1.06. The van der Waals surface area contributed by atoms with Gasteiger partial charge in [-0.05, 0) is 25.0 Å². The first kappa shape index (κ1) is 11.2. The minimum absolute atomic E-state index is 0.0139. The van der Waals surface area contributed by atoms with Gasteiger partial charge in [0.25, 0.3) is 5.69 Å². The maximum absolute atomic E-state index is 10.8. The molecule has 0 amide bonds. The molecular formula is C10H11NO4. The van der Waals surface area contributed by atoms with Crippen molar-refractivity contribution >= 4 is 11.7 Å². The second-order valence-electron chi connectivity index (χ2n) is 3.15. The van der Waals surface area contributed by atoms with Gasteiger partial charge in [0.1, 0.15) is 0 Å². The van der Waals surface area contributed by atoms with Gasteiger partial charge in [-0.15, -0.1) is 0 Å². The third-order valence-corrected chi connectivity index (χ3v) is 2.35. The largest absolute Gasteiger partial charge is 0.478 e. The quantitative estimate of drug-likeness (QED) is 0.611. The molecule has 0 saturated heterocycles. The molecule has 1 aromatic rings. The van der Waals surface area contributed by atoms with Crippen molar-refractivity contribution in [3.8, 4) is 0 Å². The maximum atomic E-state index is 10.8. The fourth-order valence-corrected chi connectivity index (χ4v) is 1.59. The lowest BCUT2D eigenvalue weighted by atomic mass is 9.99. The normalized spacial score (nSPS) is 10.0. The molecule has 0 aliphatic carbocycles. The van der Waals surface area contributed by atoms with Crippen LogP contribution in [0.1, 0.15) is 28.4 Å². The smallest absolute Gasteiger partial charge is 0.335 e. The highest BCUT2D eigenvalue weighted by Crippen LogP contribution is 2.25. The highest BCUT2D eigenvalue weighted by Gasteiger charge is 2.19. The lowest BCUT2D eigenvalue weighted by Gasteiger charge is -2.07. The van der Waals surface area contributed by atoms with E-state index in [0.29, 0.717) is 17.5 Å². The number of hydrogen-bond acceptors (Lipinski definition) is 3. The van der Waals surface area contributed by atoms with E-state index < -0.39 is 10.9 Å². The predicted molar refractivity (Wildman–Crippen MR) is 54.2 cm³/mol. The highest BCUT2D eigenvalue weighted by molar-refractivity contribution is 5.90. The van der Waals surface area contributed by atoms with E-state index in [1.54, 1.807) is 13.8 Å². The van der Waals surface area contributed by atoms with Gasteiger partial charge in [0.2, 0.25) is 0 Å². The number of aromatic carboxylic acids is 1. The third kappa shape index (κ3) is 1.96. The van der Waals surface area contributed by atoms with Crippen LogP contribution < -0.4 is 0 Å². The molecule has 0 aliphatic rings. The molecule has 0 spiro atoms. The molecule has 5 heteroatoms. The second-order valence-corrected chi connectivity index (χ2v) is 3.15. The van der Waals surface area contributed by atoms with Gasteiger partial charge < -0.3 is 5.11 Å². The molecular weight excluding hydrogens is 198 g/mol. The van der Waals surface area contributed by atoms with Gasteiger partial charge in [0, 0.05) is 11.6 Å². The minimum Gasteiger partial charge on any atom is -0.478 e. The van der Waals surface area contributed by atoms with Crippen LogP contribution in [-0.4, -0.2) is 16.0 Å². The van der Waals surface area contributed by atoms with Crippen molar-refractivity contribution in [2.75, 3.05) is 0 Å². The molecule has 0 bridgehead atoms. The molecule has 1 aromatic carbocycles. The summed E-state index contributed by atoms with van der Waals surface area (Å²) in [6.07, 6.45) is 0.448. The third-order valence-electron chi connectivity index (χ3n) is 2.35. The highest BCUT2D eigenvalue weighted by atomic mass is 16.6. The number of carbonyl (C=O) groups is 1. The van der Waals surface area contributed by atoms with Crippen LogP contribution in [0.15, 0.2) is 12.1 Å². The van der Waals surface area contributed by atoms with Crippen LogP contribution in [0.25, 0.3) is 0 Å². The van der Waals surface area contributed by atoms with E-state index in [-0.39, 0.29) is 11.3 Å². The number of carboxylic acids is 1. The summed E-state index contributed by atoms with van der Waals surface area (Å²) in [5.41, 5.74) is 1.07. The first-order valence-corrected chi connectivity index (χ1v) is 4.49. The Hall–Kier alpha value is -1.91. The summed E-state index contributed by atoms with van der Waals surface area (Å²) in [4.78, 5) is 21.0. The fraction of sp³-hybridized carbons (Fsp3) is 0.300. The topological polar surface area (TPSA) is 80.4 Å². The van der Waals surface area contributed by atoms with E-state index in [1.165, 1.54) is 12.1 Å². The summed E-state index contributed by atoms with van der Waals surface area (Å²) in [5, 5.41) is 19.5. The van der Waals surface area contributed by atoms with Gasteiger partial charge in [-0.25, -0.2) is 4.79 Å². The molecule has 80 valence electrons. The van der Waals surface area contributed by atoms with E-state index in [0.717, 1.165) is 0 Å². The Balaban J connectivity index is 3.45. The van der Waals surface area contributed by atoms with Gasteiger partial charge in [0.05, 0.1) is 10.5 Å². The number of nitro groups is 1. The van der Waals surface area contributed by atoms with Gasteiger partial charge in [0.15, 0.2) is 0 Å². The Morgan fingerprint density at radius 2 is 2.13 bits per heavy atom. The monoisotopic (exact) mass is 209 g/mol. The fourth-order valence-electron chi connectivity index (χ4n) is 1.59. The number of benzene rings is 1. The molecule has 0 unspecified atom stereocenters. The molecule has 5 nitrogen and oxygen atoms in total. The molecule has 1 N–H and O–H groups in total. The lowest BCUT2D eigenvalue weighted by molar-refractivity contribution is -0.385. The summed E-state index contributed by atoms with van der Waals surface area (Å²) in [7, 11) is 0. The second kappa shape index (κ2) is 4.08. The van der Waals surface area contributed by atoms with E-state index in [1.807, 2.05) is 0 Å². The van der Waals surface area contributed by atoms with Crippen molar-refractivity contribution in [3.05, 3.63) is 38.9 Å². The molecule has 0 heterocycles. The lowest BCUT2D eigenvalue weighted by Crippen LogP contribution is -2.05. The molecule has 0 aromatic heterocycles. The maximum Gasteiger partial charge on any atom is 0.335 e. The van der Waals surface area contributed by atoms with Gasteiger partial charge >= 0.3 is 5.97 Å². The molecule has 0 saturated carbocycles. The van der Waals surface area contributed by atoms with Crippen molar-refractivity contribution < 1.29 is 14.8 Å². The molecule has 0 aliphatic heterocycles. The van der Waals surface area contributed by atoms with Gasteiger partial charge in [-0.1, -0.05) is 6.92 Å². The molecule has 1 rings (SSSR count). The summed E-state index contributed by atoms with van der Waals surface area (Å²) >= 11 is 0. The van der Waals surface area contributed by atoms with Gasteiger partial charge in [-0.3, -0.25) is 10.1 Å². The average Bonchev–Trinajstić information content (AvgIpc) is 2.16. The van der Waals surface area contributed by atoms with Crippen molar-refractivity contribution in [1.82, 2.24) is 0 Å². The van der Waals surface area contributed by atoms with Crippen LogP contribution in [0.3, 0.4) is 0 Å². The molecule has 15 heavy (non-hydrogen) atoms. The van der Waals surface area contributed by atoms with Crippen LogP contribution in [0, 0.1) is 17.0 Å². The Morgan fingerprint density at radius 3 is 2.53 bits per heavy atom. The van der Waals surface area contributed by atoms with Crippen LogP contribution in [0.2, 0.25) is 0 Å². The Labute approximate surface area is 86.5 Å². The zero-order chi connectivity index (χ0) is 11.6. The molecule has 0 atom stereocenters. The van der Waals surface area contributed by atoms with E-state index in [4.69, 9.17) is 5.11 Å². The standard InChI is InChI=1S/C10H11NO4/c1-3-7-6(2)8(10(12)13)4-5-9(7)11(14)15/h4-5H,3H2,1-2H3,(H,12,13). The van der Waals surface area contributed by atoms with Crippen LogP contribution in [-0.2, 0) is 6.42 Å². The zero-order valence-electron chi connectivity index (χ0n) is 8.48. The van der Waals surface area contributed by atoms with E-state index in [9.17, 15) is 14.9 Å². The zero-order valence-corrected chi connectivity index (χ0v) is 8.48. The Kier molecular flexibility index (Phi) is 3.04. The first-order chi connectivity index (χ1) is 6.99. The molecule has 0 fully saturated rings. The van der Waals surface area contributed by atoms with Crippen LogP contribution in [0.4, 0.5) is 5.69 Å². The van der Waals surface area contributed by atoms with Crippen molar-refractivity contribution in [3.63, 3.8) is 0 Å². The van der Waals surface area contributed by atoms with Crippen LogP contribution in [0.5, 0.6) is 0 Å². The van der Waals surface area contributed by atoms with Crippen molar-refractivity contribution in [2.45, 2.75) is 20.3 Å². The SMILES string of the molecule is CCc1c([N+](=O)[O-])ccc(C(=O)O)c1C. The van der Waals surface area contributed by atoms with Crippen molar-refractivity contribution in [1.29, 1.82) is 0 Å². The summed E-state index contributed by atoms with van der Waals surface area (Å²) in [5.74, 6) is -1.06. The number of nitrogens with zero attached hydrogens (tertiary/aromatic N) is 1. The number of rotatable bonds is 3. The summed E-state index contributed by atoms with van der Waals surface area (Å²) in [6.45, 7) is 3.36. The predicted octanol–water partition coefficient (Wildman–Crippen LogP) is 2.16. The first-order valence-electron chi connectivity index (χ1n) is 4.49. The van der Waals surface area contributed by atoms with E-state index >= 15 is 0 Å². The molecule has 0 radical (unpaired) electrons. The average molecular weight is 209 g/mol. The number of hydrogen-bond donors (Lipinski definition) is 1. The van der Waals surface area contributed by atoms with E-state index in [2.05, 4.69) is 0 Å². The van der Waals surface area contributed by atoms with Crippen molar-refractivity contribution in [2.24, 2.45) is 0 Å². The number of carboxylic acid groups (broad SMARTS) is 1. The van der Waals surface area contributed by atoms with Crippen LogP contribution >= 0.6 is 0 Å². The summed E-state index contributed by atoms with van der Waals surface area (Å²) < 4.78 is 0. The summed E-state index contributed by atoms with van der Waals surface area (Å²) in [6, 6.07) is 2.52.